The zero-order valence-electron chi connectivity index (χ0n) is 14.6. The average Bonchev–Trinajstić information content (AvgIpc) is 3.36. The third-order valence-electron chi connectivity index (χ3n) is 4.77. The number of anilines is 2. The highest BCUT2D eigenvalue weighted by molar-refractivity contribution is 6.05. The molecule has 0 aromatic heterocycles. The van der Waals surface area contributed by atoms with Gasteiger partial charge in [-0.3, -0.25) is 9.69 Å². The minimum atomic E-state index is -0.200. The first-order valence-corrected chi connectivity index (χ1v) is 8.81. The summed E-state index contributed by atoms with van der Waals surface area (Å²) in [5.41, 5.74) is 3.12. The lowest BCUT2D eigenvalue weighted by atomic mass is 10.0. The lowest BCUT2D eigenvalue weighted by Crippen LogP contribution is -2.33. The van der Waals surface area contributed by atoms with Crippen molar-refractivity contribution in [3.05, 3.63) is 53.6 Å². The van der Waals surface area contributed by atoms with Crippen LogP contribution in [0.3, 0.4) is 0 Å². The maximum absolute atomic E-state index is 12.7. The lowest BCUT2D eigenvalue weighted by molar-refractivity contribution is 0.0950. The maximum atomic E-state index is 12.7. The molecule has 26 heavy (non-hydrogen) atoms. The molecule has 0 atom stereocenters. The number of nitrogens with zero attached hydrogens (tertiary/aromatic N) is 1. The van der Waals surface area contributed by atoms with Crippen molar-refractivity contribution in [1.29, 1.82) is 0 Å². The normalized spacial score (nSPS) is 15.3. The lowest BCUT2D eigenvalue weighted by Gasteiger charge is -2.18. The number of rotatable bonds is 4. The summed E-state index contributed by atoms with van der Waals surface area (Å²) in [6.07, 6.45) is 2.79. The van der Waals surface area contributed by atoms with Gasteiger partial charge in [0.1, 0.15) is 5.75 Å². The Morgan fingerprint density at radius 2 is 1.88 bits per heavy atom. The summed E-state index contributed by atoms with van der Waals surface area (Å²) in [7, 11) is 1.60. The fraction of sp³-hybridized carbons (Fsp3) is 0.300. The molecule has 0 spiro atoms. The summed E-state index contributed by atoms with van der Waals surface area (Å²) in [5, 5.41) is 5.92. The number of nitrogens with one attached hydrogen (secondary N) is 2. The maximum Gasteiger partial charge on any atom is 0.326 e. The number of carbonyl (C=O) groups excluding carboxylic acids is 2. The molecule has 2 aromatic rings. The van der Waals surface area contributed by atoms with E-state index in [0.29, 0.717) is 30.3 Å². The summed E-state index contributed by atoms with van der Waals surface area (Å²) in [6.45, 7) is 0.561. The van der Waals surface area contributed by atoms with Crippen LogP contribution in [0.1, 0.15) is 28.8 Å². The van der Waals surface area contributed by atoms with Gasteiger partial charge in [-0.2, -0.15) is 0 Å². The van der Waals surface area contributed by atoms with E-state index in [0.717, 1.165) is 29.8 Å². The molecule has 1 fully saturated rings. The number of hydrogen-bond acceptors (Lipinski definition) is 3. The number of benzene rings is 2. The number of hydrogen-bond donors (Lipinski definition) is 2. The van der Waals surface area contributed by atoms with Crippen molar-refractivity contribution in [3.63, 3.8) is 0 Å². The molecule has 1 saturated carbocycles. The van der Waals surface area contributed by atoms with E-state index in [4.69, 9.17) is 4.74 Å². The third kappa shape index (κ3) is 3.22. The number of carbonyl (C=O) groups is 2. The van der Waals surface area contributed by atoms with E-state index >= 15 is 0 Å². The highest BCUT2D eigenvalue weighted by Gasteiger charge is 2.30. The molecule has 6 heteroatoms. The van der Waals surface area contributed by atoms with Gasteiger partial charge in [0, 0.05) is 29.5 Å². The van der Waals surface area contributed by atoms with Crippen molar-refractivity contribution >= 4 is 23.3 Å². The van der Waals surface area contributed by atoms with Gasteiger partial charge in [-0.25, -0.2) is 4.79 Å². The second-order valence-electron chi connectivity index (χ2n) is 6.61. The Morgan fingerprint density at radius 1 is 1.12 bits per heavy atom. The Bertz CT molecular complexity index is 844. The Balaban J connectivity index is 1.51. The average molecular weight is 351 g/mol. The van der Waals surface area contributed by atoms with E-state index in [1.165, 1.54) is 0 Å². The largest absolute Gasteiger partial charge is 0.497 e. The molecular formula is C20H21N3O3. The summed E-state index contributed by atoms with van der Waals surface area (Å²) in [5.74, 6) is 0.697. The second-order valence-corrected chi connectivity index (χ2v) is 6.61. The van der Waals surface area contributed by atoms with E-state index in [1.807, 2.05) is 18.2 Å². The van der Waals surface area contributed by atoms with Crippen LogP contribution in [0.4, 0.5) is 16.2 Å². The van der Waals surface area contributed by atoms with Gasteiger partial charge in [0.15, 0.2) is 0 Å². The summed E-state index contributed by atoms with van der Waals surface area (Å²) < 4.78 is 5.13. The predicted molar refractivity (Wildman–Crippen MR) is 100.0 cm³/mol. The van der Waals surface area contributed by atoms with Gasteiger partial charge in [-0.05, 0) is 61.2 Å². The van der Waals surface area contributed by atoms with Gasteiger partial charge in [-0.15, -0.1) is 0 Å². The molecule has 2 aliphatic rings. The van der Waals surface area contributed by atoms with E-state index < -0.39 is 0 Å². The quantitative estimate of drug-likeness (QED) is 0.889. The van der Waals surface area contributed by atoms with Crippen molar-refractivity contribution in [2.45, 2.75) is 25.3 Å². The van der Waals surface area contributed by atoms with Crippen LogP contribution in [0.25, 0.3) is 0 Å². The van der Waals surface area contributed by atoms with Gasteiger partial charge in [0.05, 0.1) is 7.11 Å². The molecule has 0 saturated heterocycles. The summed E-state index contributed by atoms with van der Waals surface area (Å²) in [6, 6.07) is 12.9. The molecule has 2 N–H and O–H groups in total. The molecular weight excluding hydrogens is 330 g/mol. The van der Waals surface area contributed by atoms with E-state index in [-0.39, 0.29) is 11.9 Å². The molecule has 0 unspecified atom stereocenters. The van der Waals surface area contributed by atoms with Crippen molar-refractivity contribution in [2.75, 3.05) is 23.9 Å². The zero-order valence-corrected chi connectivity index (χ0v) is 14.6. The molecule has 1 aliphatic carbocycles. The molecule has 3 amide bonds. The predicted octanol–water partition coefficient (Wildman–Crippen LogP) is 3.18. The van der Waals surface area contributed by atoms with E-state index in [1.54, 1.807) is 36.3 Å². The molecule has 1 heterocycles. The molecule has 6 nitrogen and oxygen atoms in total. The van der Waals surface area contributed by atoms with Crippen LogP contribution in [0.5, 0.6) is 5.75 Å². The highest BCUT2D eigenvalue weighted by Crippen LogP contribution is 2.32. The second kappa shape index (κ2) is 6.71. The fourth-order valence-corrected chi connectivity index (χ4v) is 3.21. The van der Waals surface area contributed by atoms with Gasteiger partial charge >= 0.3 is 6.03 Å². The minimum Gasteiger partial charge on any atom is -0.497 e. The van der Waals surface area contributed by atoms with Crippen molar-refractivity contribution in [3.8, 4) is 5.75 Å². The SMILES string of the molecule is COc1ccc(NC(=O)N2CCc3c(C(=O)NC4CC4)cccc32)cc1. The highest BCUT2D eigenvalue weighted by atomic mass is 16.5. The van der Waals surface area contributed by atoms with E-state index in [2.05, 4.69) is 10.6 Å². The van der Waals surface area contributed by atoms with Crippen LogP contribution in [0.2, 0.25) is 0 Å². The van der Waals surface area contributed by atoms with Crippen LogP contribution in [0.15, 0.2) is 42.5 Å². The smallest absolute Gasteiger partial charge is 0.326 e. The number of fused-ring (bicyclic) bond motifs is 1. The Kier molecular flexibility index (Phi) is 4.24. The first-order chi connectivity index (χ1) is 12.7. The third-order valence-corrected chi connectivity index (χ3v) is 4.77. The van der Waals surface area contributed by atoms with Crippen LogP contribution in [-0.4, -0.2) is 31.6 Å². The monoisotopic (exact) mass is 351 g/mol. The van der Waals surface area contributed by atoms with Gasteiger partial charge in [0.25, 0.3) is 5.91 Å². The van der Waals surface area contributed by atoms with Gasteiger partial charge in [-0.1, -0.05) is 6.07 Å². The summed E-state index contributed by atoms with van der Waals surface area (Å²) >= 11 is 0. The number of methoxy groups -OCH3 is 1. The molecule has 2 aromatic carbocycles. The number of amides is 3. The fourth-order valence-electron chi connectivity index (χ4n) is 3.21. The standard InChI is InChI=1S/C20H21N3O3/c1-26-15-9-7-14(8-10-15)22-20(25)23-12-11-16-17(3-2-4-18(16)23)19(24)21-13-5-6-13/h2-4,7-10,13H,5-6,11-12H2,1H3,(H,21,24)(H,22,25). The zero-order chi connectivity index (χ0) is 18.1. The summed E-state index contributed by atoms with van der Waals surface area (Å²) in [4.78, 5) is 26.8. The van der Waals surface area contributed by atoms with Crippen molar-refractivity contribution in [1.82, 2.24) is 5.32 Å². The Morgan fingerprint density at radius 3 is 2.58 bits per heavy atom. The topological polar surface area (TPSA) is 70.7 Å². The van der Waals surface area contributed by atoms with Gasteiger partial charge < -0.3 is 15.4 Å². The van der Waals surface area contributed by atoms with Crippen LogP contribution >= 0.6 is 0 Å². The Hall–Kier alpha value is -3.02. The first kappa shape index (κ1) is 16.4. The molecule has 0 radical (unpaired) electrons. The minimum absolute atomic E-state index is 0.0400. The van der Waals surface area contributed by atoms with Crippen LogP contribution in [0, 0.1) is 0 Å². The molecule has 0 bridgehead atoms. The van der Waals surface area contributed by atoms with E-state index in [9.17, 15) is 9.59 Å². The number of ether oxygens (including phenoxy) is 1. The van der Waals surface area contributed by atoms with Crippen molar-refractivity contribution < 1.29 is 14.3 Å². The van der Waals surface area contributed by atoms with Crippen LogP contribution < -0.4 is 20.3 Å². The molecule has 134 valence electrons. The molecule has 4 rings (SSSR count). The van der Waals surface area contributed by atoms with Crippen LogP contribution in [-0.2, 0) is 6.42 Å². The molecule has 1 aliphatic heterocycles. The number of urea groups is 1. The Labute approximate surface area is 152 Å². The van der Waals surface area contributed by atoms with Gasteiger partial charge in [0.2, 0.25) is 0 Å². The van der Waals surface area contributed by atoms with Crippen molar-refractivity contribution in [2.24, 2.45) is 0 Å². The first-order valence-electron chi connectivity index (χ1n) is 8.81.